The van der Waals surface area contributed by atoms with E-state index in [0.717, 1.165) is 69.6 Å². The molecule has 0 aromatic carbocycles. The van der Waals surface area contributed by atoms with Crippen LogP contribution >= 0.6 is 0 Å². The highest BCUT2D eigenvalue weighted by Crippen LogP contribution is 2.19. The first-order valence-electron chi connectivity index (χ1n) is 29.3. The van der Waals surface area contributed by atoms with Crippen LogP contribution in [-0.2, 0) is 28.6 Å². The van der Waals surface area contributed by atoms with E-state index >= 15 is 0 Å². The van der Waals surface area contributed by atoms with E-state index < -0.39 is 6.10 Å². The van der Waals surface area contributed by atoms with Crippen LogP contribution < -0.4 is 0 Å². The van der Waals surface area contributed by atoms with Crippen molar-refractivity contribution in [3.8, 4) is 0 Å². The number of ether oxygens (including phenoxy) is 3. The van der Waals surface area contributed by atoms with Crippen molar-refractivity contribution in [2.24, 2.45) is 11.8 Å². The van der Waals surface area contributed by atoms with Crippen LogP contribution in [0.5, 0.6) is 0 Å². The van der Waals surface area contributed by atoms with E-state index in [-0.39, 0.29) is 31.1 Å². The van der Waals surface area contributed by atoms with Gasteiger partial charge in [0.05, 0.1) is 0 Å². The molecular weight excluding hydrogens is 805 g/mol. The van der Waals surface area contributed by atoms with Crippen LogP contribution in [0.25, 0.3) is 0 Å². The molecule has 386 valence electrons. The smallest absolute Gasteiger partial charge is 0.306 e. The number of hydrogen-bond donors (Lipinski definition) is 0. The molecule has 1 unspecified atom stereocenters. The predicted octanol–water partition coefficient (Wildman–Crippen LogP) is 19.3. The number of unbranched alkanes of at least 4 members (excludes halogenated alkanes) is 37. The highest BCUT2D eigenvalue weighted by Gasteiger charge is 2.19. The van der Waals surface area contributed by atoms with Gasteiger partial charge < -0.3 is 14.2 Å². The Kier molecular flexibility index (Phi) is 50.5. The van der Waals surface area contributed by atoms with Gasteiger partial charge in [-0.05, 0) is 31.1 Å². The molecule has 2 atom stereocenters. The summed E-state index contributed by atoms with van der Waals surface area (Å²) in [5.41, 5.74) is 0. The molecule has 0 aliphatic rings. The summed E-state index contributed by atoms with van der Waals surface area (Å²) in [6.07, 6.45) is 55.1. The van der Waals surface area contributed by atoms with Crippen molar-refractivity contribution in [2.45, 2.75) is 336 Å². The fourth-order valence-corrected chi connectivity index (χ4v) is 9.02. The Morgan fingerprint density at radius 2 is 0.585 bits per heavy atom. The largest absolute Gasteiger partial charge is 0.462 e. The summed E-state index contributed by atoms with van der Waals surface area (Å²) in [7, 11) is 0. The van der Waals surface area contributed by atoms with Crippen molar-refractivity contribution < 1.29 is 28.6 Å². The quantitative estimate of drug-likeness (QED) is 0.0344. The van der Waals surface area contributed by atoms with Crippen molar-refractivity contribution in [3.63, 3.8) is 0 Å². The zero-order valence-electron chi connectivity index (χ0n) is 44.6. The minimum absolute atomic E-state index is 0.0626. The maximum Gasteiger partial charge on any atom is 0.306 e. The van der Waals surface area contributed by atoms with Gasteiger partial charge in [-0.1, -0.05) is 291 Å². The number of rotatable bonds is 53. The molecule has 0 aromatic heterocycles. The van der Waals surface area contributed by atoms with Crippen molar-refractivity contribution in [2.75, 3.05) is 13.2 Å². The summed E-state index contributed by atoms with van der Waals surface area (Å²) in [5.74, 6) is 0.884. The van der Waals surface area contributed by atoms with E-state index in [9.17, 15) is 14.4 Å². The highest BCUT2D eigenvalue weighted by molar-refractivity contribution is 5.71. The van der Waals surface area contributed by atoms with Gasteiger partial charge in [0, 0.05) is 19.3 Å². The number of esters is 3. The summed E-state index contributed by atoms with van der Waals surface area (Å²) < 4.78 is 16.9. The zero-order chi connectivity index (χ0) is 47.5. The van der Waals surface area contributed by atoms with E-state index in [1.807, 2.05) is 0 Å². The van der Waals surface area contributed by atoms with Crippen LogP contribution in [-0.4, -0.2) is 37.2 Å². The maximum atomic E-state index is 12.8. The Balaban J connectivity index is 4.29. The number of carbonyl (C=O) groups excluding carboxylic acids is 3. The standard InChI is InChI=1S/C59H114O6/c1-6-8-9-10-11-12-13-14-15-20-25-31-36-41-46-51-59(62)65-56(53-64-58(61)50-45-40-35-30-26-21-22-27-32-37-42-47-54(3)4)52-63-57(60)49-44-39-34-29-24-19-17-16-18-23-28-33-38-43-48-55(5)7-2/h54-56H,6-53H2,1-5H3/t55?,56-/m1/s1. The molecule has 0 heterocycles. The first kappa shape index (κ1) is 63.4. The molecule has 0 aromatic rings. The number of carbonyl (C=O) groups is 3. The Morgan fingerprint density at radius 1 is 0.323 bits per heavy atom. The van der Waals surface area contributed by atoms with Crippen LogP contribution in [0.15, 0.2) is 0 Å². The first-order chi connectivity index (χ1) is 31.8. The molecule has 0 aliphatic heterocycles. The molecule has 65 heavy (non-hydrogen) atoms. The van der Waals surface area contributed by atoms with Crippen molar-refractivity contribution in [3.05, 3.63) is 0 Å². The van der Waals surface area contributed by atoms with Gasteiger partial charge in [-0.2, -0.15) is 0 Å². The van der Waals surface area contributed by atoms with Crippen LogP contribution in [0, 0.1) is 11.8 Å². The van der Waals surface area contributed by atoms with E-state index in [2.05, 4.69) is 34.6 Å². The average Bonchev–Trinajstić information content (AvgIpc) is 3.29. The molecule has 0 aliphatic carbocycles. The van der Waals surface area contributed by atoms with Gasteiger partial charge in [-0.15, -0.1) is 0 Å². The lowest BCUT2D eigenvalue weighted by atomic mass is 9.99. The molecule has 0 rings (SSSR count). The third-order valence-electron chi connectivity index (χ3n) is 13.8. The second-order valence-electron chi connectivity index (χ2n) is 21.0. The summed E-state index contributed by atoms with van der Waals surface area (Å²) in [6, 6.07) is 0. The lowest BCUT2D eigenvalue weighted by Crippen LogP contribution is -2.30. The van der Waals surface area contributed by atoms with Gasteiger partial charge in [0.2, 0.25) is 0 Å². The molecule has 0 amide bonds. The van der Waals surface area contributed by atoms with Crippen LogP contribution in [0.2, 0.25) is 0 Å². The van der Waals surface area contributed by atoms with Gasteiger partial charge >= 0.3 is 17.9 Å². The molecule has 6 nitrogen and oxygen atoms in total. The molecule has 0 bridgehead atoms. The molecule has 6 heteroatoms. The van der Waals surface area contributed by atoms with Crippen molar-refractivity contribution >= 4 is 17.9 Å². The third-order valence-corrected chi connectivity index (χ3v) is 13.8. The second-order valence-corrected chi connectivity index (χ2v) is 21.0. The normalized spacial score (nSPS) is 12.5. The molecule has 0 N–H and O–H groups in total. The van der Waals surface area contributed by atoms with Gasteiger partial charge in [0.25, 0.3) is 0 Å². The van der Waals surface area contributed by atoms with E-state index in [1.54, 1.807) is 0 Å². The Morgan fingerprint density at radius 3 is 0.877 bits per heavy atom. The average molecular weight is 920 g/mol. The SMILES string of the molecule is CCCCCCCCCCCCCCCCCC(=O)O[C@H](COC(=O)CCCCCCCCCCCCCCCCC(C)CC)COC(=O)CCCCCCCCCCCCCC(C)C. The highest BCUT2D eigenvalue weighted by atomic mass is 16.6. The Hall–Kier alpha value is -1.59. The molecular formula is C59H114O6. The second kappa shape index (κ2) is 51.8. The number of hydrogen-bond acceptors (Lipinski definition) is 6. The third kappa shape index (κ3) is 51.6. The maximum absolute atomic E-state index is 12.8. The van der Waals surface area contributed by atoms with Crippen LogP contribution in [0.3, 0.4) is 0 Å². The van der Waals surface area contributed by atoms with Gasteiger partial charge in [-0.3, -0.25) is 14.4 Å². The molecule has 0 fully saturated rings. The van der Waals surface area contributed by atoms with Crippen LogP contribution in [0.1, 0.15) is 330 Å². The van der Waals surface area contributed by atoms with Crippen LogP contribution in [0.4, 0.5) is 0 Å². The van der Waals surface area contributed by atoms with E-state index in [1.165, 1.54) is 218 Å². The predicted molar refractivity (Wildman–Crippen MR) is 280 cm³/mol. The van der Waals surface area contributed by atoms with Gasteiger partial charge in [0.1, 0.15) is 13.2 Å². The van der Waals surface area contributed by atoms with E-state index in [0.29, 0.717) is 19.3 Å². The zero-order valence-corrected chi connectivity index (χ0v) is 44.6. The van der Waals surface area contributed by atoms with Crippen molar-refractivity contribution in [1.82, 2.24) is 0 Å². The monoisotopic (exact) mass is 919 g/mol. The fourth-order valence-electron chi connectivity index (χ4n) is 9.02. The summed E-state index contributed by atoms with van der Waals surface area (Å²) in [4.78, 5) is 38.2. The summed E-state index contributed by atoms with van der Waals surface area (Å²) in [6.45, 7) is 11.4. The van der Waals surface area contributed by atoms with Gasteiger partial charge in [-0.25, -0.2) is 0 Å². The fraction of sp³-hybridized carbons (Fsp3) is 0.949. The first-order valence-corrected chi connectivity index (χ1v) is 29.3. The van der Waals surface area contributed by atoms with Gasteiger partial charge in [0.15, 0.2) is 6.10 Å². The molecule has 0 spiro atoms. The summed E-state index contributed by atoms with van der Waals surface area (Å²) in [5, 5.41) is 0. The molecule has 0 radical (unpaired) electrons. The lowest BCUT2D eigenvalue weighted by molar-refractivity contribution is -0.167. The topological polar surface area (TPSA) is 78.9 Å². The Bertz CT molecular complexity index is 995. The molecule has 0 saturated carbocycles. The Labute approximate surface area is 406 Å². The van der Waals surface area contributed by atoms with Crippen molar-refractivity contribution in [1.29, 1.82) is 0 Å². The minimum Gasteiger partial charge on any atom is -0.462 e. The molecule has 0 saturated heterocycles. The minimum atomic E-state index is -0.763. The van der Waals surface area contributed by atoms with E-state index in [4.69, 9.17) is 14.2 Å². The lowest BCUT2D eigenvalue weighted by Gasteiger charge is -2.18. The summed E-state index contributed by atoms with van der Waals surface area (Å²) >= 11 is 0.